The lowest BCUT2D eigenvalue weighted by Crippen LogP contribution is -2.30. The molecule has 4 aromatic rings. The smallest absolute Gasteiger partial charge is 0.272 e. The van der Waals surface area contributed by atoms with Gasteiger partial charge in [0.1, 0.15) is 5.70 Å². The fraction of sp³-hybridized carbons (Fsp3) is 0.0938. The second-order valence-corrected chi connectivity index (χ2v) is 12.1. The zero-order chi connectivity index (χ0) is 30.9. The van der Waals surface area contributed by atoms with Crippen molar-refractivity contribution in [2.24, 2.45) is 0 Å². The second-order valence-electron chi connectivity index (χ2n) is 9.15. The average molecular weight is 673 g/mol. The minimum Gasteiger partial charge on any atom is -0.324 e. The predicted octanol–water partition coefficient (Wildman–Crippen LogP) is 9.22. The van der Waals surface area contributed by atoms with Gasteiger partial charge in [0.05, 0.1) is 16.0 Å². The van der Waals surface area contributed by atoms with E-state index in [-0.39, 0.29) is 11.6 Å². The Morgan fingerprint density at radius 1 is 0.791 bits per heavy atom. The lowest BCUT2D eigenvalue weighted by molar-refractivity contribution is -0.116. The van der Waals surface area contributed by atoms with Crippen LogP contribution in [0.5, 0.6) is 0 Å². The standard InChI is InChI=1S/C32H25Cl4N3O3S/c1-2-29(32(42)38-27-14-13-22(34)17-26(27)36)43-24-10-6-9-23(18-24)37-31(41)28(15-20-11-12-21(33)16-25(20)35)39-30(40)19-7-4-3-5-8-19/h3-18,29H,2H2,1H3,(H,37,41)(H,38,42)(H,39,40)/b28-15+. The Morgan fingerprint density at radius 2 is 1.49 bits per heavy atom. The van der Waals surface area contributed by atoms with Crippen molar-refractivity contribution in [3.63, 3.8) is 0 Å². The molecule has 1 atom stereocenters. The van der Waals surface area contributed by atoms with Gasteiger partial charge in [-0.05, 0) is 78.7 Å². The molecular formula is C32H25Cl4N3O3S. The van der Waals surface area contributed by atoms with E-state index in [1.54, 1.807) is 84.9 Å². The molecule has 0 radical (unpaired) electrons. The number of carbonyl (C=O) groups excluding carboxylic acids is 3. The van der Waals surface area contributed by atoms with Crippen LogP contribution in [0.1, 0.15) is 29.3 Å². The Labute approximate surface area is 273 Å². The molecule has 4 aromatic carbocycles. The predicted molar refractivity (Wildman–Crippen MR) is 178 cm³/mol. The van der Waals surface area contributed by atoms with Gasteiger partial charge in [-0.3, -0.25) is 14.4 Å². The van der Waals surface area contributed by atoms with E-state index < -0.39 is 17.1 Å². The molecule has 0 saturated heterocycles. The summed E-state index contributed by atoms with van der Waals surface area (Å²) in [4.78, 5) is 40.2. The zero-order valence-electron chi connectivity index (χ0n) is 22.7. The Bertz CT molecular complexity index is 1680. The molecule has 0 saturated carbocycles. The quantitative estimate of drug-likeness (QED) is 0.116. The number of hydrogen-bond donors (Lipinski definition) is 3. The molecule has 0 bridgehead atoms. The van der Waals surface area contributed by atoms with Gasteiger partial charge in [-0.2, -0.15) is 0 Å². The second kappa shape index (κ2) is 15.3. The van der Waals surface area contributed by atoms with Crippen molar-refractivity contribution in [3.8, 4) is 0 Å². The van der Waals surface area contributed by atoms with E-state index in [0.717, 1.165) is 4.90 Å². The van der Waals surface area contributed by atoms with Gasteiger partial charge in [0.2, 0.25) is 5.91 Å². The third-order valence-electron chi connectivity index (χ3n) is 6.01. The summed E-state index contributed by atoms with van der Waals surface area (Å²) >= 11 is 25.9. The van der Waals surface area contributed by atoms with Crippen molar-refractivity contribution in [1.29, 1.82) is 0 Å². The monoisotopic (exact) mass is 671 g/mol. The van der Waals surface area contributed by atoms with Crippen LogP contribution < -0.4 is 16.0 Å². The van der Waals surface area contributed by atoms with Gasteiger partial charge < -0.3 is 16.0 Å². The van der Waals surface area contributed by atoms with Crippen LogP contribution in [-0.4, -0.2) is 23.0 Å². The summed E-state index contributed by atoms with van der Waals surface area (Å²) in [6, 6.07) is 25.3. The molecule has 0 aliphatic rings. The van der Waals surface area contributed by atoms with Gasteiger partial charge in [0.15, 0.2) is 0 Å². The molecule has 0 aliphatic carbocycles. The first-order valence-electron chi connectivity index (χ1n) is 13.0. The molecule has 0 heterocycles. The maximum absolute atomic E-state index is 13.5. The number of benzene rings is 4. The lowest BCUT2D eigenvalue weighted by Gasteiger charge is -2.16. The molecule has 3 N–H and O–H groups in total. The maximum Gasteiger partial charge on any atom is 0.272 e. The maximum atomic E-state index is 13.5. The first kappa shape index (κ1) is 32.5. The molecule has 0 spiro atoms. The fourth-order valence-electron chi connectivity index (χ4n) is 3.85. The number of halogens is 4. The number of carbonyl (C=O) groups is 3. The summed E-state index contributed by atoms with van der Waals surface area (Å²) in [6.45, 7) is 1.90. The molecule has 43 heavy (non-hydrogen) atoms. The molecule has 11 heteroatoms. The average Bonchev–Trinajstić information content (AvgIpc) is 2.98. The van der Waals surface area contributed by atoms with Crippen LogP contribution in [0, 0.1) is 0 Å². The number of anilines is 2. The first-order valence-corrected chi connectivity index (χ1v) is 15.4. The molecule has 220 valence electrons. The summed E-state index contributed by atoms with van der Waals surface area (Å²) < 4.78 is 0. The van der Waals surface area contributed by atoms with Crippen molar-refractivity contribution in [2.75, 3.05) is 10.6 Å². The highest BCUT2D eigenvalue weighted by Crippen LogP contribution is 2.31. The van der Waals surface area contributed by atoms with Crippen LogP contribution >= 0.6 is 58.2 Å². The molecule has 1 unspecified atom stereocenters. The van der Waals surface area contributed by atoms with E-state index in [2.05, 4.69) is 16.0 Å². The van der Waals surface area contributed by atoms with E-state index in [1.807, 2.05) is 13.0 Å². The summed E-state index contributed by atoms with van der Waals surface area (Å²) in [6.07, 6.45) is 2.02. The topological polar surface area (TPSA) is 87.3 Å². The Hall–Kier alpha value is -3.46. The zero-order valence-corrected chi connectivity index (χ0v) is 26.5. The fourth-order valence-corrected chi connectivity index (χ4v) is 5.78. The van der Waals surface area contributed by atoms with Crippen molar-refractivity contribution in [3.05, 3.63) is 128 Å². The van der Waals surface area contributed by atoms with Gasteiger partial charge in [-0.25, -0.2) is 0 Å². The Balaban J connectivity index is 1.52. The van der Waals surface area contributed by atoms with Crippen molar-refractivity contribution in [1.82, 2.24) is 5.32 Å². The Kier molecular flexibility index (Phi) is 11.6. The molecular weight excluding hydrogens is 648 g/mol. The van der Waals surface area contributed by atoms with Crippen molar-refractivity contribution >= 4 is 93.3 Å². The van der Waals surface area contributed by atoms with Gasteiger partial charge in [0, 0.05) is 31.2 Å². The first-order chi connectivity index (χ1) is 20.6. The molecule has 0 fully saturated rings. The SMILES string of the molecule is CCC(Sc1cccc(NC(=O)/C(=C\c2ccc(Cl)cc2Cl)NC(=O)c2ccccc2)c1)C(=O)Nc1ccc(Cl)cc1Cl. The van der Waals surface area contributed by atoms with Crippen LogP contribution in [0.4, 0.5) is 11.4 Å². The molecule has 3 amide bonds. The van der Waals surface area contributed by atoms with Crippen molar-refractivity contribution in [2.45, 2.75) is 23.5 Å². The van der Waals surface area contributed by atoms with E-state index >= 15 is 0 Å². The number of hydrogen-bond acceptors (Lipinski definition) is 4. The third-order valence-corrected chi connectivity index (χ3v) is 8.48. The Morgan fingerprint density at radius 3 is 2.16 bits per heavy atom. The number of rotatable bonds is 10. The summed E-state index contributed by atoms with van der Waals surface area (Å²) in [5, 5.41) is 9.48. The van der Waals surface area contributed by atoms with Crippen molar-refractivity contribution < 1.29 is 14.4 Å². The highest BCUT2D eigenvalue weighted by Gasteiger charge is 2.20. The van der Waals surface area contributed by atoms with Crippen LogP contribution in [0.3, 0.4) is 0 Å². The lowest BCUT2D eigenvalue weighted by atomic mass is 10.1. The summed E-state index contributed by atoms with van der Waals surface area (Å²) in [5.74, 6) is -1.26. The van der Waals surface area contributed by atoms with Gasteiger partial charge in [-0.1, -0.05) is 83.7 Å². The molecule has 4 rings (SSSR count). The minimum absolute atomic E-state index is 0.0261. The third kappa shape index (κ3) is 9.26. The minimum atomic E-state index is -0.570. The van der Waals surface area contributed by atoms with E-state index in [0.29, 0.717) is 49.0 Å². The summed E-state index contributed by atoms with van der Waals surface area (Å²) in [5.41, 5.74) is 1.78. The van der Waals surface area contributed by atoms with Crippen LogP contribution in [0.2, 0.25) is 20.1 Å². The molecule has 0 aliphatic heterocycles. The number of nitrogens with one attached hydrogen (secondary N) is 3. The van der Waals surface area contributed by atoms with Gasteiger partial charge >= 0.3 is 0 Å². The van der Waals surface area contributed by atoms with Crippen LogP contribution in [0.25, 0.3) is 6.08 Å². The van der Waals surface area contributed by atoms with E-state index in [4.69, 9.17) is 46.4 Å². The molecule has 6 nitrogen and oxygen atoms in total. The normalized spacial score (nSPS) is 11.9. The summed E-state index contributed by atoms with van der Waals surface area (Å²) in [7, 11) is 0. The number of thioether (sulfide) groups is 1. The van der Waals surface area contributed by atoms with Gasteiger partial charge in [-0.15, -0.1) is 11.8 Å². The van der Waals surface area contributed by atoms with Crippen LogP contribution in [0.15, 0.2) is 102 Å². The highest BCUT2D eigenvalue weighted by atomic mass is 35.5. The largest absolute Gasteiger partial charge is 0.324 e. The van der Waals surface area contributed by atoms with E-state index in [9.17, 15) is 14.4 Å². The highest BCUT2D eigenvalue weighted by molar-refractivity contribution is 8.00. The number of amides is 3. The van der Waals surface area contributed by atoms with Crippen LogP contribution in [-0.2, 0) is 9.59 Å². The molecule has 0 aromatic heterocycles. The van der Waals surface area contributed by atoms with E-state index in [1.165, 1.54) is 17.8 Å². The van der Waals surface area contributed by atoms with Gasteiger partial charge in [0.25, 0.3) is 11.8 Å².